The standard InChI is InChI=1S/C23H26Cl2N6O/c24-17-5-4-16(11-18(17)25)13-30-10-7-23(14-30)6-2-9-31(15-23)22(32)27-12-20-28-19-3-1-8-26-21(19)29-20/h1,3-5,8,11H,2,6-7,9-10,12-15H2,(H,27,32)(H,26,28,29). The van der Waals surface area contributed by atoms with Crippen molar-refractivity contribution in [3.8, 4) is 0 Å². The highest BCUT2D eigenvalue weighted by Crippen LogP contribution is 2.39. The maximum Gasteiger partial charge on any atom is 0.317 e. The van der Waals surface area contributed by atoms with Crippen molar-refractivity contribution in [3.05, 3.63) is 58.0 Å². The number of amides is 2. The first-order valence-corrected chi connectivity index (χ1v) is 11.7. The molecule has 1 aromatic carbocycles. The zero-order valence-electron chi connectivity index (χ0n) is 17.8. The summed E-state index contributed by atoms with van der Waals surface area (Å²) in [4.78, 5) is 29.2. The van der Waals surface area contributed by atoms with Gasteiger partial charge < -0.3 is 15.2 Å². The number of nitrogens with zero attached hydrogens (tertiary/aromatic N) is 4. The Bertz CT molecular complexity index is 1100. The van der Waals surface area contributed by atoms with Gasteiger partial charge in [-0.15, -0.1) is 0 Å². The van der Waals surface area contributed by atoms with Gasteiger partial charge in [0, 0.05) is 37.8 Å². The zero-order chi connectivity index (χ0) is 22.1. The maximum absolute atomic E-state index is 12.9. The molecule has 0 saturated carbocycles. The Morgan fingerprint density at radius 2 is 2.06 bits per heavy atom. The van der Waals surface area contributed by atoms with E-state index in [-0.39, 0.29) is 11.4 Å². The van der Waals surface area contributed by atoms with Crippen molar-refractivity contribution in [2.45, 2.75) is 32.4 Å². The molecule has 168 valence electrons. The molecule has 1 unspecified atom stereocenters. The number of halogens is 2. The highest BCUT2D eigenvalue weighted by molar-refractivity contribution is 6.42. The molecular formula is C23H26Cl2N6O. The fourth-order valence-electron chi connectivity index (χ4n) is 5.02. The Hall–Kier alpha value is -2.35. The lowest BCUT2D eigenvalue weighted by molar-refractivity contribution is 0.107. The number of carbonyl (C=O) groups is 1. The van der Waals surface area contributed by atoms with E-state index < -0.39 is 0 Å². The fraction of sp³-hybridized carbons (Fsp3) is 0.435. The van der Waals surface area contributed by atoms with Crippen LogP contribution in [0.1, 0.15) is 30.7 Å². The summed E-state index contributed by atoms with van der Waals surface area (Å²) in [6, 6.07) is 9.61. The van der Waals surface area contributed by atoms with Gasteiger partial charge in [0.15, 0.2) is 5.65 Å². The largest absolute Gasteiger partial charge is 0.339 e. The Labute approximate surface area is 197 Å². The lowest BCUT2D eigenvalue weighted by atomic mass is 9.79. The summed E-state index contributed by atoms with van der Waals surface area (Å²) in [5, 5.41) is 4.20. The Morgan fingerprint density at radius 3 is 2.91 bits per heavy atom. The molecule has 2 amide bonds. The van der Waals surface area contributed by atoms with Gasteiger partial charge >= 0.3 is 6.03 Å². The molecule has 32 heavy (non-hydrogen) atoms. The van der Waals surface area contributed by atoms with Crippen LogP contribution < -0.4 is 5.32 Å². The lowest BCUT2D eigenvalue weighted by Crippen LogP contribution is -2.50. The van der Waals surface area contributed by atoms with Crippen molar-refractivity contribution >= 4 is 40.4 Å². The molecular weight excluding hydrogens is 447 g/mol. The van der Waals surface area contributed by atoms with Crippen molar-refractivity contribution in [2.75, 3.05) is 26.2 Å². The van der Waals surface area contributed by atoms with E-state index >= 15 is 0 Å². The van der Waals surface area contributed by atoms with Crippen molar-refractivity contribution < 1.29 is 4.79 Å². The van der Waals surface area contributed by atoms with Crippen LogP contribution in [0.4, 0.5) is 4.79 Å². The summed E-state index contributed by atoms with van der Waals surface area (Å²) in [6.07, 6.45) is 5.00. The van der Waals surface area contributed by atoms with Crippen molar-refractivity contribution in [3.63, 3.8) is 0 Å². The molecule has 2 saturated heterocycles. The number of fused-ring (bicyclic) bond motifs is 1. The number of pyridine rings is 1. The highest BCUT2D eigenvalue weighted by Gasteiger charge is 2.42. The summed E-state index contributed by atoms with van der Waals surface area (Å²) in [6.45, 7) is 4.82. The van der Waals surface area contributed by atoms with E-state index in [4.69, 9.17) is 23.2 Å². The third-order valence-electron chi connectivity index (χ3n) is 6.57. The molecule has 4 heterocycles. The molecule has 0 bridgehead atoms. The average Bonchev–Trinajstić information content (AvgIpc) is 3.38. The first-order chi connectivity index (χ1) is 15.5. The van der Waals surface area contributed by atoms with E-state index in [1.807, 2.05) is 35.2 Å². The third-order valence-corrected chi connectivity index (χ3v) is 7.31. The van der Waals surface area contributed by atoms with Crippen LogP contribution in [-0.4, -0.2) is 57.0 Å². The quantitative estimate of drug-likeness (QED) is 0.587. The number of hydrogen-bond donors (Lipinski definition) is 2. The average molecular weight is 473 g/mol. The summed E-state index contributed by atoms with van der Waals surface area (Å²) >= 11 is 12.2. The maximum atomic E-state index is 12.9. The van der Waals surface area contributed by atoms with Gasteiger partial charge in [-0.2, -0.15) is 0 Å². The predicted molar refractivity (Wildman–Crippen MR) is 126 cm³/mol. The molecule has 3 aromatic rings. The van der Waals surface area contributed by atoms with E-state index in [0.717, 1.165) is 57.5 Å². The molecule has 0 aliphatic carbocycles. The minimum absolute atomic E-state index is 0.0274. The fourth-order valence-corrected chi connectivity index (χ4v) is 5.34. The van der Waals surface area contributed by atoms with Crippen LogP contribution in [0.15, 0.2) is 36.5 Å². The zero-order valence-corrected chi connectivity index (χ0v) is 19.3. The number of aromatic amines is 1. The van der Waals surface area contributed by atoms with Gasteiger partial charge in [0.25, 0.3) is 0 Å². The summed E-state index contributed by atoms with van der Waals surface area (Å²) in [5.74, 6) is 0.715. The Balaban J connectivity index is 1.17. The van der Waals surface area contributed by atoms with Crippen molar-refractivity contribution in [2.24, 2.45) is 5.41 Å². The number of hydrogen-bond acceptors (Lipinski definition) is 4. The van der Waals surface area contributed by atoms with E-state index in [2.05, 4.69) is 25.2 Å². The molecule has 2 N–H and O–H groups in total. The Kier molecular flexibility index (Phi) is 5.97. The number of nitrogens with one attached hydrogen (secondary N) is 2. The molecule has 0 radical (unpaired) electrons. The summed E-state index contributed by atoms with van der Waals surface area (Å²) in [5.41, 5.74) is 2.88. The van der Waals surface area contributed by atoms with Crippen molar-refractivity contribution in [1.82, 2.24) is 30.1 Å². The lowest BCUT2D eigenvalue weighted by Gasteiger charge is -2.40. The Morgan fingerprint density at radius 1 is 1.16 bits per heavy atom. The van der Waals surface area contributed by atoms with E-state index in [1.54, 1.807) is 6.20 Å². The molecule has 2 aromatic heterocycles. The molecule has 7 nitrogen and oxygen atoms in total. The number of imidazole rings is 1. The molecule has 9 heteroatoms. The van der Waals surface area contributed by atoms with Crippen LogP contribution in [0, 0.1) is 5.41 Å². The van der Waals surface area contributed by atoms with Crippen molar-refractivity contribution in [1.29, 1.82) is 0 Å². The normalized spacial score (nSPS) is 21.5. The molecule has 1 atom stereocenters. The van der Waals surface area contributed by atoms with E-state index in [0.29, 0.717) is 28.1 Å². The number of rotatable bonds is 4. The monoisotopic (exact) mass is 472 g/mol. The second-order valence-electron chi connectivity index (χ2n) is 8.95. The van der Waals surface area contributed by atoms with E-state index in [1.165, 1.54) is 5.56 Å². The number of carbonyl (C=O) groups excluding carboxylic acids is 1. The minimum atomic E-state index is -0.0274. The van der Waals surface area contributed by atoms with Gasteiger partial charge in [0.05, 0.1) is 22.1 Å². The molecule has 2 aliphatic rings. The topological polar surface area (TPSA) is 77.1 Å². The van der Waals surface area contributed by atoms with Crippen LogP contribution in [0.5, 0.6) is 0 Å². The van der Waals surface area contributed by atoms with Gasteiger partial charge in [-0.05, 0) is 55.6 Å². The van der Waals surface area contributed by atoms with Crippen LogP contribution in [0.2, 0.25) is 10.0 Å². The number of likely N-dealkylation sites (tertiary alicyclic amines) is 2. The third kappa shape index (κ3) is 4.56. The second kappa shape index (κ2) is 8.89. The smallest absolute Gasteiger partial charge is 0.317 e. The highest BCUT2D eigenvalue weighted by atomic mass is 35.5. The van der Waals surface area contributed by atoms with Crippen LogP contribution >= 0.6 is 23.2 Å². The van der Waals surface area contributed by atoms with Crippen LogP contribution in [0.25, 0.3) is 11.2 Å². The van der Waals surface area contributed by atoms with Crippen LogP contribution in [-0.2, 0) is 13.1 Å². The first-order valence-electron chi connectivity index (χ1n) is 11.0. The van der Waals surface area contributed by atoms with E-state index in [9.17, 15) is 4.79 Å². The number of aromatic nitrogens is 3. The minimum Gasteiger partial charge on any atom is -0.339 e. The molecule has 5 rings (SSSR count). The number of benzene rings is 1. The number of urea groups is 1. The summed E-state index contributed by atoms with van der Waals surface area (Å²) in [7, 11) is 0. The van der Waals surface area contributed by atoms with Gasteiger partial charge in [0.1, 0.15) is 5.82 Å². The number of piperidine rings is 1. The van der Waals surface area contributed by atoms with Crippen LogP contribution in [0.3, 0.4) is 0 Å². The molecule has 1 spiro atoms. The predicted octanol–water partition coefficient (Wildman–Crippen LogP) is 4.46. The molecule has 2 aliphatic heterocycles. The first kappa shape index (κ1) is 21.5. The van der Waals surface area contributed by atoms with Gasteiger partial charge in [0.2, 0.25) is 0 Å². The number of H-pyrrole nitrogens is 1. The molecule has 2 fully saturated rings. The second-order valence-corrected chi connectivity index (χ2v) is 9.77. The SMILES string of the molecule is O=C(NCc1nc2ncccc2[nH]1)N1CCCC2(CCN(Cc3ccc(Cl)c(Cl)c3)C2)C1. The van der Waals surface area contributed by atoms with Gasteiger partial charge in [-0.3, -0.25) is 4.90 Å². The van der Waals surface area contributed by atoms with Gasteiger partial charge in [-0.25, -0.2) is 14.8 Å². The summed E-state index contributed by atoms with van der Waals surface area (Å²) < 4.78 is 0. The van der Waals surface area contributed by atoms with Gasteiger partial charge in [-0.1, -0.05) is 29.3 Å².